The zero-order valence-electron chi connectivity index (χ0n) is 14.0. The average molecular weight is 312 g/mol. The van der Waals surface area contributed by atoms with Gasteiger partial charge in [0, 0.05) is 6.54 Å². The van der Waals surface area contributed by atoms with E-state index in [2.05, 4.69) is 22.3 Å². The number of likely N-dealkylation sites (N-methyl/N-ethyl adjacent to an activating group) is 1. The van der Waals surface area contributed by atoms with Crippen LogP contribution in [-0.2, 0) is 4.79 Å². The standard InChI is InChI=1S/C19H24N2O2/c1-15-8-7-11-17(12-15)23-14-19(22)20-13-18(21(2)3)16-9-5-4-6-10-16/h4-12,18H,13-14H2,1-3H3,(H,20,22). The molecule has 0 aliphatic rings. The summed E-state index contributed by atoms with van der Waals surface area (Å²) in [6, 6.07) is 18.0. The van der Waals surface area contributed by atoms with Crippen molar-refractivity contribution < 1.29 is 9.53 Å². The third-order valence-corrected chi connectivity index (χ3v) is 3.66. The van der Waals surface area contributed by atoms with Crippen molar-refractivity contribution in [3.05, 3.63) is 65.7 Å². The number of hydrogen-bond acceptors (Lipinski definition) is 3. The quantitative estimate of drug-likeness (QED) is 0.855. The molecule has 0 aliphatic carbocycles. The zero-order valence-corrected chi connectivity index (χ0v) is 14.0. The Kier molecular flexibility index (Phi) is 6.18. The Labute approximate surface area is 138 Å². The molecule has 0 heterocycles. The fourth-order valence-electron chi connectivity index (χ4n) is 2.39. The Morgan fingerprint density at radius 2 is 1.87 bits per heavy atom. The van der Waals surface area contributed by atoms with Crippen LogP contribution >= 0.6 is 0 Å². The van der Waals surface area contributed by atoms with Crippen LogP contribution in [0, 0.1) is 6.92 Å². The topological polar surface area (TPSA) is 41.6 Å². The summed E-state index contributed by atoms with van der Waals surface area (Å²) in [5.41, 5.74) is 2.29. The molecule has 0 saturated heterocycles. The fraction of sp³-hybridized carbons (Fsp3) is 0.316. The SMILES string of the molecule is Cc1cccc(OCC(=O)NCC(c2ccccc2)N(C)C)c1. The number of benzene rings is 2. The summed E-state index contributed by atoms with van der Waals surface area (Å²) in [7, 11) is 4.01. The molecule has 1 amide bonds. The minimum absolute atomic E-state index is 0.0262. The first-order chi connectivity index (χ1) is 11.1. The van der Waals surface area contributed by atoms with Gasteiger partial charge in [-0.2, -0.15) is 0 Å². The Hall–Kier alpha value is -2.33. The highest BCUT2D eigenvalue weighted by atomic mass is 16.5. The molecular weight excluding hydrogens is 288 g/mol. The molecule has 1 atom stereocenters. The maximum atomic E-state index is 12.0. The average Bonchev–Trinajstić information content (AvgIpc) is 2.54. The molecule has 4 heteroatoms. The third-order valence-electron chi connectivity index (χ3n) is 3.66. The molecule has 2 rings (SSSR count). The first kappa shape index (κ1) is 17.0. The van der Waals surface area contributed by atoms with Gasteiger partial charge in [0.15, 0.2) is 6.61 Å². The van der Waals surface area contributed by atoms with E-state index in [1.807, 2.05) is 63.5 Å². The van der Waals surface area contributed by atoms with E-state index in [9.17, 15) is 4.79 Å². The molecule has 1 N–H and O–H groups in total. The van der Waals surface area contributed by atoms with Crippen LogP contribution in [0.25, 0.3) is 0 Å². The van der Waals surface area contributed by atoms with Gasteiger partial charge >= 0.3 is 0 Å². The fourth-order valence-corrected chi connectivity index (χ4v) is 2.39. The van der Waals surface area contributed by atoms with Gasteiger partial charge in [0.2, 0.25) is 0 Å². The summed E-state index contributed by atoms with van der Waals surface area (Å²) in [6.07, 6.45) is 0. The number of amides is 1. The number of carbonyl (C=O) groups excluding carboxylic acids is 1. The van der Waals surface area contributed by atoms with E-state index in [0.29, 0.717) is 12.3 Å². The smallest absolute Gasteiger partial charge is 0.258 e. The van der Waals surface area contributed by atoms with E-state index in [1.54, 1.807) is 0 Å². The maximum absolute atomic E-state index is 12.0. The van der Waals surface area contributed by atoms with Crippen molar-refractivity contribution in [1.82, 2.24) is 10.2 Å². The van der Waals surface area contributed by atoms with Crippen LogP contribution in [0.4, 0.5) is 0 Å². The van der Waals surface area contributed by atoms with Crippen LogP contribution in [0.1, 0.15) is 17.2 Å². The second-order valence-electron chi connectivity index (χ2n) is 5.80. The van der Waals surface area contributed by atoms with Crippen LogP contribution in [0.15, 0.2) is 54.6 Å². The predicted octanol–water partition coefficient (Wildman–Crippen LogP) is 2.79. The number of carbonyl (C=O) groups is 1. The lowest BCUT2D eigenvalue weighted by molar-refractivity contribution is -0.123. The summed E-state index contributed by atoms with van der Waals surface area (Å²) in [5.74, 6) is 0.599. The Bertz CT molecular complexity index is 626. The summed E-state index contributed by atoms with van der Waals surface area (Å²) in [5, 5.41) is 2.94. The molecule has 23 heavy (non-hydrogen) atoms. The molecule has 0 spiro atoms. The minimum atomic E-state index is -0.116. The van der Waals surface area contributed by atoms with Crippen molar-refractivity contribution in [2.45, 2.75) is 13.0 Å². The van der Waals surface area contributed by atoms with Gasteiger partial charge < -0.3 is 15.0 Å². The first-order valence-electron chi connectivity index (χ1n) is 7.74. The molecule has 1 unspecified atom stereocenters. The van der Waals surface area contributed by atoms with E-state index in [-0.39, 0.29) is 18.6 Å². The molecule has 2 aromatic rings. The second kappa shape index (κ2) is 8.34. The minimum Gasteiger partial charge on any atom is -0.484 e. The summed E-state index contributed by atoms with van der Waals surface area (Å²) < 4.78 is 5.52. The lowest BCUT2D eigenvalue weighted by atomic mass is 10.1. The number of ether oxygens (including phenoxy) is 1. The molecule has 0 saturated carbocycles. The summed E-state index contributed by atoms with van der Waals surface area (Å²) in [6.45, 7) is 2.57. The Morgan fingerprint density at radius 1 is 1.13 bits per heavy atom. The largest absolute Gasteiger partial charge is 0.484 e. The van der Waals surface area contributed by atoms with E-state index >= 15 is 0 Å². The lowest BCUT2D eigenvalue weighted by Gasteiger charge is -2.25. The summed E-state index contributed by atoms with van der Waals surface area (Å²) in [4.78, 5) is 14.1. The van der Waals surface area contributed by atoms with E-state index in [0.717, 1.165) is 5.56 Å². The Balaban J connectivity index is 1.85. The van der Waals surface area contributed by atoms with Crippen LogP contribution < -0.4 is 10.1 Å². The van der Waals surface area contributed by atoms with Crippen molar-refractivity contribution in [3.8, 4) is 5.75 Å². The van der Waals surface area contributed by atoms with Gasteiger partial charge in [0.05, 0.1) is 6.04 Å². The van der Waals surface area contributed by atoms with Crippen LogP contribution in [0.5, 0.6) is 5.75 Å². The van der Waals surface area contributed by atoms with E-state index < -0.39 is 0 Å². The molecule has 0 fully saturated rings. The normalized spacial score (nSPS) is 12.0. The monoisotopic (exact) mass is 312 g/mol. The second-order valence-corrected chi connectivity index (χ2v) is 5.80. The highest BCUT2D eigenvalue weighted by Gasteiger charge is 2.15. The molecule has 0 aromatic heterocycles. The van der Waals surface area contributed by atoms with Crippen molar-refractivity contribution in [2.75, 3.05) is 27.2 Å². The van der Waals surface area contributed by atoms with Gasteiger partial charge in [-0.1, -0.05) is 42.5 Å². The third kappa shape index (κ3) is 5.42. The van der Waals surface area contributed by atoms with E-state index in [4.69, 9.17) is 4.74 Å². The molecule has 0 aliphatic heterocycles. The van der Waals surface area contributed by atoms with Crippen LogP contribution in [-0.4, -0.2) is 38.1 Å². The van der Waals surface area contributed by atoms with Crippen molar-refractivity contribution >= 4 is 5.91 Å². The molecule has 0 radical (unpaired) electrons. The highest BCUT2D eigenvalue weighted by molar-refractivity contribution is 5.77. The first-order valence-corrected chi connectivity index (χ1v) is 7.74. The molecule has 4 nitrogen and oxygen atoms in total. The highest BCUT2D eigenvalue weighted by Crippen LogP contribution is 2.16. The number of nitrogens with one attached hydrogen (secondary N) is 1. The van der Waals surface area contributed by atoms with Crippen LogP contribution in [0.3, 0.4) is 0 Å². The number of rotatable bonds is 7. The van der Waals surface area contributed by atoms with Crippen molar-refractivity contribution in [1.29, 1.82) is 0 Å². The predicted molar refractivity (Wildman–Crippen MR) is 92.6 cm³/mol. The number of nitrogens with zero attached hydrogens (tertiary/aromatic N) is 1. The number of hydrogen-bond donors (Lipinski definition) is 1. The van der Waals surface area contributed by atoms with Gasteiger partial charge in [-0.05, 0) is 44.3 Å². The molecule has 0 bridgehead atoms. The summed E-state index contributed by atoms with van der Waals surface area (Å²) >= 11 is 0. The molecule has 122 valence electrons. The molecular formula is C19H24N2O2. The molecule has 2 aromatic carbocycles. The number of aryl methyl sites for hydroxylation is 1. The maximum Gasteiger partial charge on any atom is 0.258 e. The van der Waals surface area contributed by atoms with Gasteiger partial charge in [-0.3, -0.25) is 4.79 Å². The van der Waals surface area contributed by atoms with E-state index in [1.165, 1.54) is 5.56 Å². The van der Waals surface area contributed by atoms with Crippen molar-refractivity contribution in [2.24, 2.45) is 0 Å². The lowest BCUT2D eigenvalue weighted by Crippen LogP contribution is -2.36. The van der Waals surface area contributed by atoms with Gasteiger partial charge in [-0.25, -0.2) is 0 Å². The van der Waals surface area contributed by atoms with Crippen molar-refractivity contribution in [3.63, 3.8) is 0 Å². The van der Waals surface area contributed by atoms with Crippen LogP contribution in [0.2, 0.25) is 0 Å². The van der Waals surface area contributed by atoms with Gasteiger partial charge in [0.1, 0.15) is 5.75 Å². The van der Waals surface area contributed by atoms with Gasteiger partial charge in [-0.15, -0.1) is 0 Å². The Morgan fingerprint density at radius 3 is 2.52 bits per heavy atom. The zero-order chi connectivity index (χ0) is 16.7. The van der Waals surface area contributed by atoms with Gasteiger partial charge in [0.25, 0.3) is 5.91 Å².